The quantitative estimate of drug-likeness (QED) is 0.708. The molecular formula is C22H32N4O. The van der Waals surface area contributed by atoms with Crippen LogP contribution < -0.4 is 10.6 Å². The molecule has 5 heteroatoms. The van der Waals surface area contributed by atoms with E-state index in [1.807, 2.05) is 6.92 Å². The fraction of sp³-hybridized carbons (Fsp3) is 0.500. The lowest BCUT2D eigenvalue weighted by molar-refractivity contribution is 0.0944. The van der Waals surface area contributed by atoms with E-state index in [1.165, 1.54) is 11.1 Å². The third kappa shape index (κ3) is 5.52. The molecule has 1 aromatic carbocycles. The van der Waals surface area contributed by atoms with Crippen molar-refractivity contribution in [2.75, 3.05) is 11.9 Å². The fourth-order valence-electron chi connectivity index (χ4n) is 2.94. The van der Waals surface area contributed by atoms with Crippen molar-refractivity contribution >= 4 is 17.5 Å². The Morgan fingerprint density at radius 3 is 2.11 bits per heavy atom. The molecule has 1 heterocycles. The first-order valence-corrected chi connectivity index (χ1v) is 9.72. The Bertz CT molecular complexity index is 771. The van der Waals surface area contributed by atoms with Gasteiger partial charge in [0.05, 0.1) is 0 Å². The van der Waals surface area contributed by atoms with Crippen molar-refractivity contribution in [2.45, 2.75) is 60.3 Å². The maximum Gasteiger partial charge on any atom is 0.270 e. The topological polar surface area (TPSA) is 66.9 Å². The van der Waals surface area contributed by atoms with Crippen LogP contribution in [0.15, 0.2) is 24.3 Å². The number of carbonyl (C=O) groups is 1. The normalized spacial score (nSPS) is 11.3. The van der Waals surface area contributed by atoms with E-state index in [1.54, 1.807) is 6.07 Å². The highest BCUT2D eigenvalue weighted by atomic mass is 16.1. The van der Waals surface area contributed by atoms with Crippen LogP contribution in [0.5, 0.6) is 0 Å². The van der Waals surface area contributed by atoms with Gasteiger partial charge in [-0.05, 0) is 41.9 Å². The molecule has 0 aliphatic carbocycles. The summed E-state index contributed by atoms with van der Waals surface area (Å²) in [5, 5.41) is 6.32. The molecule has 2 rings (SSSR count). The van der Waals surface area contributed by atoms with Crippen LogP contribution in [0.4, 0.5) is 11.6 Å². The zero-order chi connectivity index (χ0) is 20.1. The van der Waals surface area contributed by atoms with Crippen LogP contribution in [0, 0.1) is 12.8 Å². The fourth-order valence-corrected chi connectivity index (χ4v) is 2.94. The van der Waals surface area contributed by atoms with Crippen LogP contribution in [0.2, 0.25) is 0 Å². The largest absolute Gasteiger partial charge is 0.350 e. The van der Waals surface area contributed by atoms with Gasteiger partial charge < -0.3 is 10.6 Å². The Morgan fingerprint density at radius 1 is 1.00 bits per heavy atom. The second kappa shape index (κ2) is 8.98. The van der Waals surface area contributed by atoms with Gasteiger partial charge >= 0.3 is 0 Å². The minimum atomic E-state index is -0.168. The molecule has 0 saturated carbocycles. The Morgan fingerprint density at radius 2 is 1.59 bits per heavy atom. The van der Waals surface area contributed by atoms with Crippen LogP contribution in [-0.2, 0) is 0 Å². The molecule has 5 nitrogen and oxygen atoms in total. The minimum Gasteiger partial charge on any atom is -0.350 e. The molecule has 0 saturated heterocycles. The van der Waals surface area contributed by atoms with Crippen LogP contribution in [0.1, 0.15) is 80.7 Å². The standard InChI is InChI=1S/C22H32N4O/c1-13(2)12-23-21(27)19-11-16(7)24-22(25-19)26-20-17(14(3)4)9-8-10-18(20)15(5)6/h8-11,13-15H,12H2,1-7H3,(H,23,27)(H,24,25,26). The number of hydrogen-bond donors (Lipinski definition) is 2. The van der Waals surface area contributed by atoms with Crippen molar-refractivity contribution in [3.8, 4) is 0 Å². The highest BCUT2D eigenvalue weighted by Gasteiger charge is 2.16. The summed E-state index contributed by atoms with van der Waals surface area (Å²) in [6, 6.07) is 8.08. The summed E-state index contributed by atoms with van der Waals surface area (Å²) in [7, 11) is 0. The van der Waals surface area contributed by atoms with Crippen molar-refractivity contribution < 1.29 is 4.79 Å². The molecule has 0 radical (unpaired) electrons. The van der Waals surface area contributed by atoms with Gasteiger partial charge in [-0.2, -0.15) is 0 Å². The highest BCUT2D eigenvalue weighted by molar-refractivity contribution is 5.92. The van der Waals surface area contributed by atoms with Crippen LogP contribution in [0.3, 0.4) is 0 Å². The average Bonchev–Trinajstić information content (AvgIpc) is 2.58. The van der Waals surface area contributed by atoms with E-state index in [9.17, 15) is 4.79 Å². The molecule has 1 amide bonds. The predicted molar refractivity (Wildman–Crippen MR) is 112 cm³/mol. The van der Waals surface area contributed by atoms with Gasteiger partial charge in [0, 0.05) is 17.9 Å². The van der Waals surface area contributed by atoms with E-state index in [4.69, 9.17) is 0 Å². The number of aromatic nitrogens is 2. The lowest BCUT2D eigenvalue weighted by Gasteiger charge is -2.20. The van der Waals surface area contributed by atoms with Gasteiger partial charge in [-0.3, -0.25) is 4.79 Å². The monoisotopic (exact) mass is 368 g/mol. The number of nitrogens with zero attached hydrogens (tertiary/aromatic N) is 2. The first-order chi connectivity index (χ1) is 12.7. The maximum atomic E-state index is 12.4. The van der Waals surface area contributed by atoms with Crippen molar-refractivity contribution in [1.82, 2.24) is 15.3 Å². The lowest BCUT2D eigenvalue weighted by Crippen LogP contribution is -2.28. The molecule has 0 bridgehead atoms. The van der Waals surface area contributed by atoms with Gasteiger partial charge in [-0.25, -0.2) is 9.97 Å². The molecule has 0 fully saturated rings. The van der Waals surface area contributed by atoms with Gasteiger partial charge in [-0.15, -0.1) is 0 Å². The number of amides is 1. The van der Waals surface area contributed by atoms with E-state index in [2.05, 4.69) is 80.3 Å². The summed E-state index contributed by atoms with van der Waals surface area (Å²) >= 11 is 0. The van der Waals surface area contributed by atoms with Crippen molar-refractivity contribution in [3.63, 3.8) is 0 Å². The number of para-hydroxylation sites is 1. The Kier molecular flexibility index (Phi) is 6.94. The van der Waals surface area contributed by atoms with Crippen LogP contribution in [-0.4, -0.2) is 22.4 Å². The highest BCUT2D eigenvalue weighted by Crippen LogP contribution is 2.33. The number of nitrogens with one attached hydrogen (secondary N) is 2. The van der Waals surface area contributed by atoms with Crippen molar-refractivity contribution in [3.05, 3.63) is 46.8 Å². The molecule has 1 aromatic heterocycles. The Labute approximate surface area is 163 Å². The van der Waals surface area contributed by atoms with Gasteiger partial charge in [0.25, 0.3) is 5.91 Å². The van der Waals surface area contributed by atoms with Gasteiger partial charge in [0.2, 0.25) is 5.95 Å². The van der Waals surface area contributed by atoms with Crippen molar-refractivity contribution in [1.29, 1.82) is 0 Å². The van der Waals surface area contributed by atoms with E-state index in [0.717, 1.165) is 11.4 Å². The third-order valence-corrected chi connectivity index (χ3v) is 4.37. The molecule has 27 heavy (non-hydrogen) atoms. The molecule has 146 valence electrons. The maximum absolute atomic E-state index is 12.4. The van der Waals surface area contributed by atoms with Gasteiger partial charge in [0.1, 0.15) is 5.69 Å². The second-order valence-corrected chi connectivity index (χ2v) is 8.07. The number of carbonyl (C=O) groups excluding carboxylic acids is 1. The van der Waals surface area contributed by atoms with Crippen LogP contribution in [0.25, 0.3) is 0 Å². The first kappa shape index (κ1) is 20.9. The zero-order valence-electron chi connectivity index (χ0n) is 17.6. The number of aryl methyl sites for hydroxylation is 1. The number of rotatable bonds is 7. The van der Waals surface area contributed by atoms with E-state index in [-0.39, 0.29) is 5.91 Å². The first-order valence-electron chi connectivity index (χ1n) is 9.72. The number of benzene rings is 1. The molecule has 0 spiro atoms. The van der Waals surface area contributed by atoms with Gasteiger partial charge in [0.15, 0.2) is 0 Å². The minimum absolute atomic E-state index is 0.168. The molecule has 0 unspecified atom stereocenters. The van der Waals surface area contributed by atoms with Crippen molar-refractivity contribution in [2.24, 2.45) is 5.92 Å². The summed E-state index contributed by atoms with van der Waals surface area (Å²) in [6.45, 7) is 15.3. The Hall–Kier alpha value is -2.43. The molecule has 2 aromatic rings. The molecule has 0 aliphatic heterocycles. The average molecular weight is 369 g/mol. The third-order valence-electron chi connectivity index (χ3n) is 4.37. The second-order valence-electron chi connectivity index (χ2n) is 8.07. The summed E-state index contributed by atoms with van der Waals surface area (Å²) in [6.07, 6.45) is 0. The molecule has 0 aliphatic rings. The molecule has 0 atom stereocenters. The summed E-state index contributed by atoms with van der Waals surface area (Å²) < 4.78 is 0. The van der Waals surface area contributed by atoms with E-state index < -0.39 is 0 Å². The van der Waals surface area contributed by atoms with E-state index >= 15 is 0 Å². The summed E-state index contributed by atoms with van der Waals surface area (Å²) in [4.78, 5) is 21.4. The van der Waals surface area contributed by atoms with Crippen LogP contribution >= 0.6 is 0 Å². The number of hydrogen-bond acceptors (Lipinski definition) is 4. The number of anilines is 2. The van der Waals surface area contributed by atoms with Gasteiger partial charge in [-0.1, -0.05) is 59.7 Å². The zero-order valence-corrected chi connectivity index (χ0v) is 17.6. The molecular weight excluding hydrogens is 336 g/mol. The smallest absolute Gasteiger partial charge is 0.270 e. The Balaban J connectivity index is 2.39. The summed E-state index contributed by atoms with van der Waals surface area (Å²) in [5.74, 6) is 1.41. The predicted octanol–water partition coefficient (Wildman–Crippen LogP) is 5.16. The summed E-state index contributed by atoms with van der Waals surface area (Å²) in [5.41, 5.74) is 4.63. The lowest BCUT2D eigenvalue weighted by atomic mass is 9.93. The molecule has 2 N–H and O–H groups in total. The van der Waals surface area contributed by atoms with E-state index in [0.29, 0.717) is 35.9 Å². The SMILES string of the molecule is Cc1cc(C(=O)NCC(C)C)nc(Nc2c(C(C)C)cccc2C(C)C)n1.